The minimum atomic E-state index is -2.88. The molecule has 0 amide bonds. The Bertz CT molecular complexity index is 635. The molecule has 164 valence electrons. The number of nitrogens with one attached hydrogen (secondary N) is 2. The quantitative estimate of drug-likeness (QED) is 0.455. The highest BCUT2D eigenvalue weighted by Gasteiger charge is 2.18. The monoisotopic (exact) mass is 412 g/mol. The van der Waals surface area contributed by atoms with Gasteiger partial charge in [0.1, 0.15) is 11.5 Å². The molecule has 1 aliphatic heterocycles. The summed E-state index contributed by atoms with van der Waals surface area (Å²) in [5.74, 6) is 1.98. The van der Waals surface area contributed by atoms with E-state index in [0.29, 0.717) is 23.2 Å². The van der Waals surface area contributed by atoms with Gasteiger partial charge in [-0.05, 0) is 69.9 Å². The molecule has 6 nitrogen and oxygen atoms in total. The lowest BCUT2D eigenvalue weighted by molar-refractivity contribution is -0.0504. The van der Waals surface area contributed by atoms with Crippen LogP contribution in [0.1, 0.15) is 38.7 Å². The summed E-state index contributed by atoms with van der Waals surface area (Å²) in [5.41, 5.74) is 0.551. The van der Waals surface area contributed by atoms with E-state index in [1.54, 1.807) is 12.1 Å². The van der Waals surface area contributed by atoms with Crippen molar-refractivity contribution < 1.29 is 18.3 Å². The number of ether oxygens (including phenoxy) is 2. The molecule has 1 aliphatic rings. The normalized spacial score (nSPS) is 16.1. The van der Waals surface area contributed by atoms with E-state index in [-0.39, 0.29) is 12.3 Å². The van der Waals surface area contributed by atoms with Crippen molar-refractivity contribution in [1.82, 2.24) is 15.5 Å². The summed E-state index contributed by atoms with van der Waals surface area (Å²) in [5, 5.41) is 6.62. The van der Waals surface area contributed by atoms with E-state index in [9.17, 15) is 8.78 Å². The summed E-state index contributed by atoms with van der Waals surface area (Å²) in [6, 6.07) is 4.76. The van der Waals surface area contributed by atoms with Gasteiger partial charge < -0.3 is 25.0 Å². The summed E-state index contributed by atoms with van der Waals surface area (Å²) in [6.45, 7) is 6.58. The van der Waals surface area contributed by atoms with Gasteiger partial charge in [0.05, 0.1) is 13.7 Å². The van der Waals surface area contributed by atoms with Crippen molar-refractivity contribution in [3.63, 3.8) is 0 Å². The molecule has 2 N–H and O–H groups in total. The molecule has 1 fully saturated rings. The number of piperidine rings is 1. The fourth-order valence-corrected chi connectivity index (χ4v) is 3.49. The molecule has 0 aromatic heterocycles. The highest BCUT2D eigenvalue weighted by Crippen LogP contribution is 2.26. The maximum absolute atomic E-state index is 12.7. The number of hydrogen-bond acceptors (Lipinski definition) is 4. The summed E-state index contributed by atoms with van der Waals surface area (Å²) < 4.78 is 35.2. The number of rotatable bonds is 10. The second-order valence-electron chi connectivity index (χ2n) is 7.21. The first-order valence-electron chi connectivity index (χ1n) is 10.4. The molecule has 1 aromatic rings. The van der Waals surface area contributed by atoms with Gasteiger partial charge in [0.15, 0.2) is 5.96 Å². The van der Waals surface area contributed by atoms with Gasteiger partial charge in [-0.2, -0.15) is 8.78 Å². The molecule has 0 saturated carbocycles. The second-order valence-corrected chi connectivity index (χ2v) is 7.21. The molecule has 1 aromatic carbocycles. The third-order valence-electron chi connectivity index (χ3n) is 5.04. The number of alkyl halides is 2. The molecule has 29 heavy (non-hydrogen) atoms. The van der Waals surface area contributed by atoms with Crippen LogP contribution < -0.4 is 20.1 Å². The van der Waals surface area contributed by atoms with Crippen molar-refractivity contribution in [1.29, 1.82) is 0 Å². The molecule has 2 rings (SSSR count). The zero-order valence-corrected chi connectivity index (χ0v) is 17.7. The van der Waals surface area contributed by atoms with Gasteiger partial charge in [-0.3, -0.25) is 0 Å². The first-order chi connectivity index (χ1) is 14.0. The zero-order valence-electron chi connectivity index (χ0n) is 17.7. The van der Waals surface area contributed by atoms with Gasteiger partial charge in [0, 0.05) is 18.7 Å². The lowest BCUT2D eigenvalue weighted by atomic mass is 9.97. The fourth-order valence-electron chi connectivity index (χ4n) is 3.49. The van der Waals surface area contributed by atoms with Crippen molar-refractivity contribution in [2.75, 3.05) is 39.8 Å². The fraction of sp³-hybridized carbons (Fsp3) is 0.667. The Morgan fingerprint density at radius 2 is 2.00 bits per heavy atom. The summed E-state index contributed by atoms with van der Waals surface area (Å²) >= 11 is 0. The molecule has 0 spiro atoms. The topological polar surface area (TPSA) is 58.1 Å². The Labute approximate surface area is 172 Å². The van der Waals surface area contributed by atoms with E-state index in [1.807, 2.05) is 6.92 Å². The number of hydrogen-bond donors (Lipinski definition) is 2. The van der Waals surface area contributed by atoms with Gasteiger partial charge in [-0.25, -0.2) is 4.99 Å². The number of halogens is 2. The minimum Gasteiger partial charge on any atom is -0.497 e. The van der Waals surface area contributed by atoms with E-state index in [2.05, 4.69) is 32.2 Å². The Morgan fingerprint density at radius 3 is 2.62 bits per heavy atom. The van der Waals surface area contributed by atoms with E-state index in [4.69, 9.17) is 4.74 Å². The molecule has 8 heteroatoms. The van der Waals surface area contributed by atoms with E-state index < -0.39 is 6.61 Å². The molecule has 1 saturated heterocycles. The average Bonchev–Trinajstić information content (AvgIpc) is 2.72. The van der Waals surface area contributed by atoms with Crippen LogP contribution >= 0.6 is 0 Å². The maximum Gasteiger partial charge on any atom is 0.387 e. The number of aliphatic imine (C=N–C) groups is 1. The van der Waals surface area contributed by atoms with Crippen molar-refractivity contribution >= 4 is 5.96 Å². The average molecular weight is 413 g/mol. The minimum absolute atomic E-state index is 0.115. The number of methoxy groups -OCH3 is 1. The van der Waals surface area contributed by atoms with Crippen LogP contribution in [-0.4, -0.2) is 57.3 Å². The second kappa shape index (κ2) is 12.5. The van der Waals surface area contributed by atoms with Crippen LogP contribution in [0.2, 0.25) is 0 Å². The number of likely N-dealkylation sites (tertiary alicyclic amines) is 1. The van der Waals surface area contributed by atoms with Crippen molar-refractivity contribution in [2.24, 2.45) is 10.9 Å². The highest BCUT2D eigenvalue weighted by molar-refractivity contribution is 5.79. The van der Waals surface area contributed by atoms with Crippen LogP contribution in [0, 0.1) is 5.92 Å². The van der Waals surface area contributed by atoms with Crippen molar-refractivity contribution in [2.45, 2.75) is 46.3 Å². The van der Waals surface area contributed by atoms with Crippen LogP contribution in [0.25, 0.3) is 0 Å². The number of benzene rings is 1. The SMILES string of the molecule is CCCN1CCC(CNC(=NCc2cc(OC)ccc2OC(F)F)NCC)CC1. The lowest BCUT2D eigenvalue weighted by Gasteiger charge is -2.32. The Morgan fingerprint density at radius 1 is 1.24 bits per heavy atom. The third kappa shape index (κ3) is 8.04. The molecule has 1 heterocycles. The Hall–Kier alpha value is -2.09. The van der Waals surface area contributed by atoms with Crippen molar-refractivity contribution in [3.8, 4) is 11.5 Å². The predicted molar refractivity (Wildman–Crippen MR) is 112 cm³/mol. The largest absolute Gasteiger partial charge is 0.497 e. The maximum atomic E-state index is 12.7. The van der Waals surface area contributed by atoms with E-state index >= 15 is 0 Å². The van der Waals surface area contributed by atoms with E-state index in [1.165, 1.54) is 39.0 Å². The van der Waals surface area contributed by atoms with Gasteiger partial charge in [0.25, 0.3) is 0 Å². The summed E-state index contributed by atoms with van der Waals surface area (Å²) in [6.07, 6.45) is 3.55. The van der Waals surface area contributed by atoms with Gasteiger partial charge in [-0.1, -0.05) is 6.92 Å². The van der Waals surface area contributed by atoms with Crippen LogP contribution in [0.15, 0.2) is 23.2 Å². The van der Waals surface area contributed by atoms with Gasteiger partial charge >= 0.3 is 6.61 Å². The first-order valence-corrected chi connectivity index (χ1v) is 10.4. The predicted octanol–water partition coefficient (Wildman–Crippen LogP) is 3.47. The smallest absolute Gasteiger partial charge is 0.387 e. The van der Waals surface area contributed by atoms with Crippen LogP contribution in [0.3, 0.4) is 0 Å². The molecule has 0 bridgehead atoms. The number of guanidine groups is 1. The van der Waals surface area contributed by atoms with Crippen LogP contribution in [0.4, 0.5) is 8.78 Å². The zero-order chi connectivity index (χ0) is 21.1. The first kappa shape index (κ1) is 23.2. The summed E-state index contributed by atoms with van der Waals surface area (Å²) in [7, 11) is 1.54. The molecule has 0 aliphatic carbocycles. The lowest BCUT2D eigenvalue weighted by Crippen LogP contribution is -2.43. The molecule has 0 unspecified atom stereocenters. The molecule has 0 radical (unpaired) electrons. The highest BCUT2D eigenvalue weighted by atomic mass is 19.3. The molecule has 0 atom stereocenters. The molecular formula is C21H34F2N4O2. The Kier molecular flexibility index (Phi) is 9.97. The van der Waals surface area contributed by atoms with Gasteiger partial charge in [-0.15, -0.1) is 0 Å². The summed E-state index contributed by atoms with van der Waals surface area (Å²) in [4.78, 5) is 7.08. The van der Waals surface area contributed by atoms with Crippen molar-refractivity contribution in [3.05, 3.63) is 23.8 Å². The Balaban J connectivity index is 1.96. The third-order valence-corrected chi connectivity index (χ3v) is 5.04. The van der Waals surface area contributed by atoms with Gasteiger partial charge in [0.2, 0.25) is 0 Å². The van der Waals surface area contributed by atoms with Crippen LogP contribution in [0.5, 0.6) is 11.5 Å². The van der Waals surface area contributed by atoms with Crippen LogP contribution in [-0.2, 0) is 6.54 Å². The standard InChI is InChI=1S/C21H34F2N4O2/c1-4-10-27-11-8-16(9-12-27)14-25-21(24-5-2)26-15-17-13-18(28-3)6-7-19(17)29-20(22)23/h6-7,13,16,20H,4-5,8-12,14-15H2,1-3H3,(H2,24,25,26). The molecular weight excluding hydrogens is 378 g/mol. The van der Waals surface area contributed by atoms with E-state index in [0.717, 1.165) is 26.2 Å². The number of nitrogens with zero attached hydrogens (tertiary/aromatic N) is 2.